The van der Waals surface area contributed by atoms with Crippen LogP contribution in [0.15, 0.2) is 34.8 Å². The van der Waals surface area contributed by atoms with E-state index < -0.39 is 0 Å². The average Bonchev–Trinajstić information content (AvgIpc) is 2.43. The fourth-order valence-corrected chi connectivity index (χ4v) is 3.00. The molecule has 0 amide bonds. The summed E-state index contributed by atoms with van der Waals surface area (Å²) < 4.78 is 6.20. The molecule has 3 N–H and O–H groups in total. The molecule has 1 unspecified atom stereocenters. The molecule has 4 nitrogen and oxygen atoms in total. The molecule has 0 aliphatic heterocycles. The number of aryl methyl sites for hydroxylation is 2. The molecule has 0 spiro atoms. The van der Waals surface area contributed by atoms with Gasteiger partial charge >= 0.3 is 0 Å². The summed E-state index contributed by atoms with van der Waals surface area (Å²) in [5, 5.41) is 0. The molecular weight excluding hydrogens is 330 g/mol. The van der Waals surface area contributed by atoms with E-state index in [9.17, 15) is 0 Å². The van der Waals surface area contributed by atoms with Crippen LogP contribution in [-0.4, -0.2) is 12.1 Å². The number of nitrogens with zero attached hydrogens (tertiary/aromatic N) is 1. The lowest BCUT2D eigenvalue weighted by Gasteiger charge is -2.18. The maximum atomic E-state index is 5.74. The van der Waals surface area contributed by atoms with Crippen molar-refractivity contribution in [3.8, 4) is 5.75 Å². The molecule has 0 aliphatic rings. The molecule has 0 radical (unpaired) electrons. The summed E-state index contributed by atoms with van der Waals surface area (Å²) in [6.45, 7) is 3.99. The van der Waals surface area contributed by atoms with Crippen molar-refractivity contribution in [3.63, 3.8) is 0 Å². The number of aromatic nitrogens is 1. The standard InChI is InChI=1S/C16H20BrN3O/c1-10-6-13(7-11(2)19-10)15(20-18)9-12-4-5-16(21-3)14(17)8-12/h4-8,15,20H,9,18H2,1-3H3. The lowest BCUT2D eigenvalue weighted by atomic mass is 9.99. The number of ether oxygens (including phenoxy) is 1. The minimum atomic E-state index is 0.0469. The second kappa shape index (κ2) is 7.02. The number of halogens is 1. The van der Waals surface area contributed by atoms with Crippen LogP contribution in [0.1, 0.15) is 28.6 Å². The zero-order valence-electron chi connectivity index (χ0n) is 12.5. The zero-order chi connectivity index (χ0) is 15.4. The van der Waals surface area contributed by atoms with Crippen molar-refractivity contribution in [1.82, 2.24) is 10.4 Å². The second-order valence-electron chi connectivity index (χ2n) is 5.08. The Morgan fingerprint density at radius 2 is 1.90 bits per heavy atom. The van der Waals surface area contributed by atoms with E-state index >= 15 is 0 Å². The lowest BCUT2D eigenvalue weighted by Crippen LogP contribution is -2.29. The van der Waals surface area contributed by atoms with E-state index in [0.717, 1.165) is 33.6 Å². The first kappa shape index (κ1) is 15.9. The summed E-state index contributed by atoms with van der Waals surface area (Å²) in [6, 6.07) is 10.2. The Bertz CT molecular complexity index is 611. The molecule has 0 fully saturated rings. The van der Waals surface area contributed by atoms with Crippen molar-refractivity contribution >= 4 is 15.9 Å². The Morgan fingerprint density at radius 1 is 1.24 bits per heavy atom. The summed E-state index contributed by atoms with van der Waals surface area (Å²) in [5.41, 5.74) is 7.22. The molecule has 5 heteroatoms. The number of nitrogens with one attached hydrogen (secondary N) is 1. The highest BCUT2D eigenvalue weighted by Crippen LogP contribution is 2.28. The van der Waals surface area contributed by atoms with Crippen molar-refractivity contribution in [1.29, 1.82) is 0 Å². The van der Waals surface area contributed by atoms with Gasteiger partial charge < -0.3 is 4.74 Å². The molecule has 1 aromatic carbocycles. The summed E-state index contributed by atoms with van der Waals surface area (Å²) in [4.78, 5) is 4.40. The molecule has 2 aromatic rings. The van der Waals surface area contributed by atoms with Gasteiger partial charge in [-0.1, -0.05) is 6.07 Å². The quantitative estimate of drug-likeness (QED) is 0.642. The van der Waals surface area contributed by atoms with Crippen LogP contribution in [0.2, 0.25) is 0 Å². The Hall–Kier alpha value is -1.43. The Morgan fingerprint density at radius 3 is 2.43 bits per heavy atom. The van der Waals surface area contributed by atoms with E-state index in [4.69, 9.17) is 10.6 Å². The smallest absolute Gasteiger partial charge is 0.133 e. The summed E-state index contributed by atoms with van der Waals surface area (Å²) >= 11 is 3.51. The molecule has 112 valence electrons. The maximum Gasteiger partial charge on any atom is 0.133 e. The van der Waals surface area contributed by atoms with Crippen molar-refractivity contribution in [2.24, 2.45) is 5.84 Å². The fraction of sp³-hybridized carbons (Fsp3) is 0.312. The third kappa shape index (κ3) is 4.03. The molecule has 0 bridgehead atoms. The van der Waals surface area contributed by atoms with Gasteiger partial charge in [0.2, 0.25) is 0 Å². The number of hydrogen-bond acceptors (Lipinski definition) is 4. The highest BCUT2D eigenvalue weighted by atomic mass is 79.9. The highest BCUT2D eigenvalue weighted by Gasteiger charge is 2.13. The van der Waals surface area contributed by atoms with Crippen molar-refractivity contribution < 1.29 is 4.74 Å². The Balaban J connectivity index is 2.24. The van der Waals surface area contributed by atoms with E-state index in [-0.39, 0.29) is 6.04 Å². The number of nitrogens with two attached hydrogens (primary N) is 1. The zero-order valence-corrected chi connectivity index (χ0v) is 14.1. The molecule has 1 heterocycles. The number of pyridine rings is 1. The minimum Gasteiger partial charge on any atom is -0.496 e. The fourth-order valence-electron chi connectivity index (χ4n) is 2.41. The van der Waals surface area contributed by atoms with Gasteiger partial charge in [0, 0.05) is 11.4 Å². The van der Waals surface area contributed by atoms with Gasteiger partial charge in [0.25, 0.3) is 0 Å². The summed E-state index contributed by atoms with van der Waals surface area (Å²) in [6.07, 6.45) is 0.794. The van der Waals surface area contributed by atoms with Gasteiger partial charge in [0.05, 0.1) is 17.6 Å². The first-order chi connectivity index (χ1) is 10.0. The van der Waals surface area contributed by atoms with E-state index in [0.29, 0.717) is 0 Å². The first-order valence-corrected chi connectivity index (χ1v) is 7.56. The normalized spacial score (nSPS) is 12.2. The van der Waals surface area contributed by atoms with Crippen LogP contribution < -0.4 is 16.0 Å². The Labute approximate surface area is 133 Å². The van der Waals surface area contributed by atoms with Gasteiger partial charge in [-0.3, -0.25) is 16.3 Å². The predicted octanol–water partition coefficient (Wildman–Crippen LogP) is 3.22. The van der Waals surface area contributed by atoms with Gasteiger partial charge in [-0.2, -0.15) is 0 Å². The molecule has 1 aromatic heterocycles. The van der Waals surface area contributed by atoms with Gasteiger partial charge in [-0.05, 0) is 71.6 Å². The molecule has 0 saturated carbocycles. The molecule has 0 saturated heterocycles. The van der Waals surface area contributed by atoms with Crippen LogP contribution in [-0.2, 0) is 6.42 Å². The number of benzene rings is 1. The SMILES string of the molecule is COc1ccc(CC(NN)c2cc(C)nc(C)c2)cc1Br. The van der Waals surface area contributed by atoms with Crippen molar-refractivity contribution in [2.45, 2.75) is 26.3 Å². The van der Waals surface area contributed by atoms with E-state index in [1.54, 1.807) is 7.11 Å². The molecular formula is C16H20BrN3O. The highest BCUT2D eigenvalue weighted by molar-refractivity contribution is 9.10. The van der Waals surface area contributed by atoms with Crippen LogP contribution in [0, 0.1) is 13.8 Å². The van der Waals surface area contributed by atoms with Gasteiger partial charge in [0.15, 0.2) is 0 Å². The number of hydrogen-bond donors (Lipinski definition) is 2. The number of rotatable bonds is 5. The van der Waals surface area contributed by atoms with Crippen molar-refractivity contribution in [2.75, 3.05) is 7.11 Å². The van der Waals surface area contributed by atoms with Gasteiger partial charge in [-0.25, -0.2) is 0 Å². The largest absolute Gasteiger partial charge is 0.496 e. The second-order valence-corrected chi connectivity index (χ2v) is 5.93. The van der Waals surface area contributed by atoms with Crippen LogP contribution in [0.4, 0.5) is 0 Å². The van der Waals surface area contributed by atoms with E-state index in [2.05, 4.69) is 50.6 Å². The predicted molar refractivity (Wildman–Crippen MR) is 88.2 cm³/mol. The van der Waals surface area contributed by atoms with Crippen LogP contribution in [0.25, 0.3) is 0 Å². The molecule has 2 rings (SSSR count). The van der Waals surface area contributed by atoms with Crippen LogP contribution >= 0.6 is 15.9 Å². The molecule has 0 aliphatic carbocycles. The minimum absolute atomic E-state index is 0.0469. The number of hydrazine groups is 1. The summed E-state index contributed by atoms with van der Waals surface area (Å²) in [5.74, 6) is 6.57. The van der Waals surface area contributed by atoms with Crippen LogP contribution in [0.3, 0.4) is 0 Å². The molecule has 21 heavy (non-hydrogen) atoms. The third-order valence-electron chi connectivity index (χ3n) is 3.36. The first-order valence-electron chi connectivity index (χ1n) is 6.77. The Kier molecular flexibility index (Phi) is 5.33. The van der Waals surface area contributed by atoms with Crippen molar-refractivity contribution in [3.05, 3.63) is 57.3 Å². The average molecular weight is 350 g/mol. The lowest BCUT2D eigenvalue weighted by molar-refractivity contribution is 0.412. The molecule has 1 atom stereocenters. The van der Waals surface area contributed by atoms with E-state index in [1.165, 1.54) is 5.56 Å². The van der Waals surface area contributed by atoms with Gasteiger partial charge in [-0.15, -0.1) is 0 Å². The number of methoxy groups -OCH3 is 1. The monoisotopic (exact) mass is 349 g/mol. The summed E-state index contributed by atoms with van der Waals surface area (Å²) in [7, 11) is 1.66. The van der Waals surface area contributed by atoms with Gasteiger partial charge in [0.1, 0.15) is 5.75 Å². The third-order valence-corrected chi connectivity index (χ3v) is 3.98. The van der Waals surface area contributed by atoms with Crippen LogP contribution in [0.5, 0.6) is 5.75 Å². The topological polar surface area (TPSA) is 60.2 Å². The van der Waals surface area contributed by atoms with E-state index in [1.807, 2.05) is 19.9 Å². The maximum absolute atomic E-state index is 5.74.